The van der Waals surface area contributed by atoms with Crippen LogP contribution >= 0.6 is 0 Å². The van der Waals surface area contributed by atoms with E-state index in [-0.39, 0.29) is 0 Å². The van der Waals surface area contributed by atoms with Crippen molar-refractivity contribution in [3.8, 4) is 5.75 Å². The van der Waals surface area contributed by atoms with Gasteiger partial charge in [0.05, 0.1) is 17.6 Å². The van der Waals surface area contributed by atoms with Crippen LogP contribution in [-0.4, -0.2) is 83.1 Å². The van der Waals surface area contributed by atoms with Crippen molar-refractivity contribution in [2.75, 3.05) is 46.3 Å². The first-order chi connectivity index (χ1) is 13.7. The highest BCUT2D eigenvalue weighted by atomic mass is 16.5. The Morgan fingerprint density at radius 2 is 1.82 bits per heavy atom. The van der Waals surface area contributed by atoms with Gasteiger partial charge in [-0.1, -0.05) is 6.42 Å². The molecule has 0 amide bonds. The Morgan fingerprint density at radius 1 is 1.04 bits per heavy atom. The summed E-state index contributed by atoms with van der Waals surface area (Å²) in [5, 5.41) is 0. The third-order valence-electron chi connectivity index (χ3n) is 6.84. The first kappa shape index (κ1) is 18.4. The van der Waals surface area contributed by atoms with Gasteiger partial charge in [-0.3, -0.25) is 4.90 Å². The zero-order valence-corrected chi connectivity index (χ0v) is 17.1. The maximum atomic E-state index is 6.32. The first-order valence-corrected chi connectivity index (χ1v) is 11.0. The largest absolute Gasteiger partial charge is 0.490 e. The summed E-state index contributed by atoms with van der Waals surface area (Å²) in [6, 6.07) is 7.17. The maximum Gasteiger partial charge on any atom is 0.121 e. The first-order valence-electron chi connectivity index (χ1n) is 11.0. The second-order valence-electron chi connectivity index (χ2n) is 8.88. The molecule has 0 spiro atoms. The van der Waals surface area contributed by atoms with Gasteiger partial charge in [0.25, 0.3) is 0 Å². The van der Waals surface area contributed by atoms with E-state index in [0.29, 0.717) is 6.10 Å². The summed E-state index contributed by atoms with van der Waals surface area (Å²) in [7, 11) is 2.19. The fraction of sp³-hybridized carbons (Fsp3) is 0.682. The van der Waals surface area contributed by atoms with Crippen molar-refractivity contribution in [2.45, 2.75) is 50.8 Å². The lowest BCUT2D eigenvalue weighted by Crippen LogP contribution is -2.46. The van der Waals surface area contributed by atoms with Gasteiger partial charge < -0.3 is 19.5 Å². The van der Waals surface area contributed by atoms with Crippen LogP contribution < -0.4 is 4.74 Å². The van der Waals surface area contributed by atoms with Crippen molar-refractivity contribution in [2.24, 2.45) is 0 Å². The quantitative estimate of drug-likeness (QED) is 0.860. The predicted molar refractivity (Wildman–Crippen MR) is 112 cm³/mol. The molecule has 0 atom stereocenters. The normalized spacial score (nSPS) is 23.9. The third-order valence-corrected chi connectivity index (χ3v) is 6.84. The number of rotatable bonds is 5. The maximum absolute atomic E-state index is 6.32. The number of hydrogen-bond acceptors (Lipinski definition) is 5. The fourth-order valence-electron chi connectivity index (χ4n) is 4.71. The van der Waals surface area contributed by atoms with Gasteiger partial charge in [-0.2, -0.15) is 0 Å². The second kappa shape index (κ2) is 8.01. The number of fused-ring (bicyclic) bond motifs is 1. The number of likely N-dealkylation sites (N-methyl/N-ethyl adjacent to an activating group) is 1. The zero-order valence-electron chi connectivity index (χ0n) is 17.1. The van der Waals surface area contributed by atoms with E-state index in [9.17, 15) is 0 Å². The van der Waals surface area contributed by atoms with Crippen LogP contribution in [-0.2, 0) is 6.54 Å². The molecule has 3 heterocycles. The number of nitrogens with one attached hydrogen (secondary N) is 1. The van der Waals surface area contributed by atoms with E-state index in [0.717, 1.165) is 74.2 Å². The van der Waals surface area contributed by atoms with Crippen molar-refractivity contribution in [3.05, 3.63) is 24.0 Å². The average molecular weight is 384 g/mol. The molecule has 0 bridgehead atoms. The number of piperidine rings is 1. The number of nitrogens with zero attached hydrogens (tertiary/aromatic N) is 4. The van der Waals surface area contributed by atoms with Crippen molar-refractivity contribution in [1.29, 1.82) is 0 Å². The highest BCUT2D eigenvalue weighted by molar-refractivity contribution is 5.76. The molecule has 6 nitrogen and oxygen atoms in total. The van der Waals surface area contributed by atoms with Gasteiger partial charge in [-0.25, -0.2) is 4.98 Å². The smallest absolute Gasteiger partial charge is 0.121 e. The van der Waals surface area contributed by atoms with Crippen molar-refractivity contribution in [3.63, 3.8) is 0 Å². The monoisotopic (exact) mass is 383 g/mol. The summed E-state index contributed by atoms with van der Waals surface area (Å²) >= 11 is 0. The number of likely N-dealkylation sites (tertiary alicyclic amines) is 1. The topological polar surface area (TPSA) is 47.6 Å². The average Bonchev–Trinajstić information content (AvgIpc) is 3.05. The Morgan fingerprint density at radius 3 is 2.54 bits per heavy atom. The Kier molecular flexibility index (Phi) is 5.26. The molecule has 3 fully saturated rings. The number of piperazine rings is 1. The lowest BCUT2D eigenvalue weighted by molar-refractivity contribution is 0.0494. The highest BCUT2D eigenvalue weighted by Crippen LogP contribution is 2.29. The minimum atomic E-state index is 0.349. The van der Waals surface area contributed by atoms with Crippen LogP contribution in [0.4, 0.5) is 0 Å². The van der Waals surface area contributed by atoms with Crippen LogP contribution in [0.5, 0.6) is 5.75 Å². The molecule has 2 saturated heterocycles. The van der Waals surface area contributed by atoms with E-state index in [1.165, 1.54) is 32.4 Å². The van der Waals surface area contributed by atoms with Crippen molar-refractivity contribution in [1.82, 2.24) is 24.7 Å². The van der Waals surface area contributed by atoms with Crippen LogP contribution in [0.2, 0.25) is 0 Å². The van der Waals surface area contributed by atoms with E-state index < -0.39 is 0 Å². The summed E-state index contributed by atoms with van der Waals surface area (Å²) in [6.45, 7) is 7.78. The molecule has 5 rings (SSSR count). The number of ether oxygens (including phenoxy) is 1. The van der Waals surface area contributed by atoms with E-state index >= 15 is 0 Å². The molecule has 6 heteroatoms. The summed E-state index contributed by atoms with van der Waals surface area (Å²) < 4.78 is 6.32. The number of H-pyrrole nitrogens is 1. The zero-order chi connectivity index (χ0) is 18.9. The fourth-order valence-corrected chi connectivity index (χ4v) is 4.71. The summed E-state index contributed by atoms with van der Waals surface area (Å²) in [5.74, 6) is 2.04. The number of hydrogen-bond donors (Lipinski definition) is 1. The standard InChI is InChI=1S/C22H33N5O/c1-25-11-13-26(14-12-25)16-22-23-20-6-5-19(15-21(20)24-22)28-18-7-9-27(10-8-18)17-3-2-4-17/h5-6,15,17-18H,2-4,7-14,16H2,1H3,(H,23,24). The molecule has 28 heavy (non-hydrogen) atoms. The molecule has 2 aliphatic heterocycles. The summed E-state index contributed by atoms with van der Waals surface area (Å²) in [4.78, 5) is 15.8. The minimum absolute atomic E-state index is 0.349. The second-order valence-corrected chi connectivity index (χ2v) is 8.88. The molecular formula is C22H33N5O. The number of aromatic amines is 1. The van der Waals surface area contributed by atoms with Crippen LogP contribution in [0, 0.1) is 0 Å². The number of benzene rings is 1. The Labute approximate surface area is 167 Å². The molecule has 152 valence electrons. The number of imidazole rings is 1. The van der Waals surface area contributed by atoms with Gasteiger partial charge in [-0.15, -0.1) is 0 Å². The van der Waals surface area contributed by atoms with Crippen LogP contribution in [0.3, 0.4) is 0 Å². The van der Waals surface area contributed by atoms with Crippen molar-refractivity contribution < 1.29 is 4.74 Å². The van der Waals surface area contributed by atoms with Crippen molar-refractivity contribution >= 4 is 11.0 Å². The molecular weight excluding hydrogens is 350 g/mol. The lowest BCUT2D eigenvalue weighted by Gasteiger charge is -2.41. The molecule has 1 aromatic heterocycles. The van der Waals surface area contributed by atoms with Crippen LogP contribution in [0.25, 0.3) is 11.0 Å². The molecule has 3 aliphatic rings. The van der Waals surface area contributed by atoms with E-state index in [1.54, 1.807) is 0 Å². The molecule has 0 radical (unpaired) electrons. The van der Waals surface area contributed by atoms with Gasteiger partial charge in [0, 0.05) is 51.4 Å². The van der Waals surface area contributed by atoms with E-state index in [1.807, 2.05) is 0 Å². The molecule has 1 saturated carbocycles. The van der Waals surface area contributed by atoms with Crippen LogP contribution in [0.15, 0.2) is 18.2 Å². The Bertz CT molecular complexity index is 785. The number of aromatic nitrogens is 2. The van der Waals surface area contributed by atoms with E-state index in [2.05, 4.69) is 44.9 Å². The van der Waals surface area contributed by atoms with Gasteiger partial charge in [-0.05, 0) is 44.9 Å². The minimum Gasteiger partial charge on any atom is -0.490 e. The highest BCUT2D eigenvalue weighted by Gasteiger charge is 2.29. The molecule has 0 unspecified atom stereocenters. The van der Waals surface area contributed by atoms with Gasteiger partial charge >= 0.3 is 0 Å². The van der Waals surface area contributed by atoms with Crippen LogP contribution in [0.1, 0.15) is 37.9 Å². The SMILES string of the molecule is CN1CCN(Cc2nc3ccc(OC4CCN(C5CCC5)CC4)cc3[nH]2)CC1. The van der Waals surface area contributed by atoms with Gasteiger partial charge in [0.1, 0.15) is 17.7 Å². The van der Waals surface area contributed by atoms with E-state index in [4.69, 9.17) is 9.72 Å². The van der Waals surface area contributed by atoms with Gasteiger partial charge in [0.15, 0.2) is 0 Å². The Hall–Kier alpha value is -1.63. The predicted octanol–water partition coefficient (Wildman–Crippen LogP) is 2.71. The molecule has 1 N–H and O–H groups in total. The Balaban J connectivity index is 1.18. The third kappa shape index (κ3) is 4.04. The summed E-state index contributed by atoms with van der Waals surface area (Å²) in [5.41, 5.74) is 2.13. The van der Waals surface area contributed by atoms with Gasteiger partial charge in [0.2, 0.25) is 0 Å². The molecule has 2 aromatic rings. The molecule has 1 aromatic carbocycles. The molecule has 1 aliphatic carbocycles. The summed E-state index contributed by atoms with van der Waals surface area (Å²) in [6.07, 6.45) is 6.86. The lowest BCUT2D eigenvalue weighted by atomic mass is 9.90.